The molecule has 118 valence electrons. The summed E-state index contributed by atoms with van der Waals surface area (Å²) in [5.41, 5.74) is 0. The molecule has 0 spiro atoms. The molecule has 2 aliphatic carbocycles. The zero-order chi connectivity index (χ0) is 13.3. The Balaban J connectivity index is 0.00000200. The van der Waals surface area contributed by atoms with Gasteiger partial charge in [0, 0.05) is 32.8 Å². The standard InChI is InChI=1S/C15H29N3O.HI/c1-2-16-15(18-10-8-13-4-5-13)17-9-3-11-19-12-14-6-7-14;/h13-14H,2-12H2,1H3,(H2,16,17,18);1H. The van der Waals surface area contributed by atoms with Crippen molar-refractivity contribution in [2.45, 2.75) is 45.4 Å². The zero-order valence-corrected chi connectivity index (χ0v) is 15.0. The highest BCUT2D eigenvalue weighted by molar-refractivity contribution is 14.0. The molecule has 0 aliphatic heterocycles. The average Bonchev–Trinajstić information content (AvgIpc) is 3.26. The van der Waals surface area contributed by atoms with Crippen molar-refractivity contribution >= 4 is 29.9 Å². The Hall–Kier alpha value is -0.0400. The fourth-order valence-corrected chi connectivity index (χ4v) is 2.03. The monoisotopic (exact) mass is 395 g/mol. The SMILES string of the molecule is CCNC(=NCCCOCC1CC1)NCCC1CC1.I. The van der Waals surface area contributed by atoms with Gasteiger partial charge >= 0.3 is 0 Å². The fourth-order valence-electron chi connectivity index (χ4n) is 2.03. The predicted molar refractivity (Wildman–Crippen MR) is 94.9 cm³/mol. The van der Waals surface area contributed by atoms with Crippen LogP contribution in [0.15, 0.2) is 4.99 Å². The summed E-state index contributed by atoms with van der Waals surface area (Å²) in [7, 11) is 0. The molecule has 2 saturated carbocycles. The van der Waals surface area contributed by atoms with Gasteiger partial charge in [-0.2, -0.15) is 0 Å². The molecule has 2 fully saturated rings. The van der Waals surface area contributed by atoms with Crippen LogP contribution in [0.25, 0.3) is 0 Å². The Kier molecular flexibility index (Phi) is 9.59. The molecule has 0 heterocycles. The summed E-state index contributed by atoms with van der Waals surface area (Å²) in [4.78, 5) is 4.58. The molecule has 0 unspecified atom stereocenters. The average molecular weight is 395 g/mol. The lowest BCUT2D eigenvalue weighted by Crippen LogP contribution is -2.38. The molecule has 0 radical (unpaired) electrons. The Bertz CT molecular complexity index is 278. The highest BCUT2D eigenvalue weighted by atomic mass is 127. The van der Waals surface area contributed by atoms with E-state index in [1.807, 2.05) is 0 Å². The minimum atomic E-state index is 0. The molecule has 5 heteroatoms. The maximum atomic E-state index is 5.61. The number of hydrogen-bond acceptors (Lipinski definition) is 2. The molecule has 2 rings (SSSR count). The lowest BCUT2D eigenvalue weighted by molar-refractivity contribution is 0.123. The van der Waals surface area contributed by atoms with E-state index in [0.717, 1.165) is 57.1 Å². The zero-order valence-electron chi connectivity index (χ0n) is 12.7. The van der Waals surface area contributed by atoms with E-state index >= 15 is 0 Å². The predicted octanol–water partition coefficient (Wildman–Crippen LogP) is 2.78. The Morgan fingerprint density at radius 2 is 1.90 bits per heavy atom. The number of halogens is 1. The molecule has 0 aromatic carbocycles. The number of ether oxygens (including phenoxy) is 1. The van der Waals surface area contributed by atoms with E-state index in [1.165, 1.54) is 32.1 Å². The van der Waals surface area contributed by atoms with Gasteiger partial charge in [0.25, 0.3) is 0 Å². The topological polar surface area (TPSA) is 45.7 Å². The highest BCUT2D eigenvalue weighted by Crippen LogP contribution is 2.31. The van der Waals surface area contributed by atoms with Crippen LogP contribution in [0.3, 0.4) is 0 Å². The van der Waals surface area contributed by atoms with E-state index in [0.29, 0.717) is 0 Å². The maximum Gasteiger partial charge on any atom is 0.191 e. The van der Waals surface area contributed by atoms with E-state index in [1.54, 1.807) is 0 Å². The van der Waals surface area contributed by atoms with Crippen LogP contribution in [0.1, 0.15) is 45.4 Å². The van der Waals surface area contributed by atoms with Gasteiger partial charge in [0.05, 0.1) is 0 Å². The van der Waals surface area contributed by atoms with E-state index < -0.39 is 0 Å². The van der Waals surface area contributed by atoms with Crippen LogP contribution >= 0.6 is 24.0 Å². The van der Waals surface area contributed by atoms with Gasteiger partial charge in [0.1, 0.15) is 0 Å². The fraction of sp³-hybridized carbons (Fsp3) is 0.933. The summed E-state index contributed by atoms with van der Waals surface area (Å²) in [6, 6.07) is 0. The first-order valence-corrected chi connectivity index (χ1v) is 7.98. The van der Waals surface area contributed by atoms with Crippen LogP contribution in [0, 0.1) is 11.8 Å². The van der Waals surface area contributed by atoms with Crippen molar-refractivity contribution in [3.8, 4) is 0 Å². The van der Waals surface area contributed by atoms with Gasteiger partial charge in [0.15, 0.2) is 5.96 Å². The molecule has 0 aromatic rings. The number of guanidine groups is 1. The molecule has 20 heavy (non-hydrogen) atoms. The highest BCUT2D eigenvalue weighted by Gasteiger charge is 2.21. The third kappa shape index (κ3) is 9.00. The molecule has 0 aromatic heterocycles. The Morgan fingerprint density at radius 3 is 2.55 bits per heavy atom. The maximum absolute atomic E-state index is 5.61. The number of hydrogen-bond donors (Lipinski definition) is 2. The normalized spacial score (nSPS) is 18.6. The molecule has 0 amide bonds. The first-order chi connectivity index (χ1) is 9.38. The third-order valence-electron chi connectivity index (χ3n) is 3.65. The quantitative estimate of drug-likeness (QED) is 0.259. The molecule has 2 N–H and O–H groups in total. The minimum Gasteiger partial charge on any atom is -0.381 e. The summed E-state index contributed by atoms with van der Waals surface area (Å²) in [6.07, 6.45) is 7.89. The van der Waals surface area contributed by atoms with Crippen molar-refractivity contribution in [2.24, 2.45) is 16.8 Å². The summed E-state index contributed by atoms with van der Waals surface area (Å²) < 4.78 is 5.61. The van der Waals surface area contributed by atoms with Crippen molar-refractivity contribution in [3.63, 3.8) is 0 Å². The Morgan fingerprint density at radius 1 is 1.15 bits per heavy atom. The first-order valence-electron chi connectivity index (χ1n) is 7.98. The molecule has 0 atom stereocenters. The lowest BCUT2D eigenvalue weighted by atomic mass is 10.3. The van der Waals surface area contributed by atoms with Crippen LogP contribution in [-0.4, -0.2) is 38.8 Å². The molecule has 0 saturated heterocycles. The van der Waals surface area contributed by atoms with E-state index in [4.69, 9.17) is 4.74 Å². The van der Waals surface area contributed by atoms with Gasteiger partial charge in [-0.15, -0.1) is 24.0 Å². The van der Waals surface area contributed by atoms with Crippen LogP contribution < -0.4 is 10.6 Å². The van der Waals surface area contributed by atoms with E-state index in [-0.39, 0.29) is 24.0 Å². The van der Waals surface area contributed by atoms with E-state index in [9.17, 15) is 0 Å². The van der Waals surface area contributed by atoms with Gasteiger partial charge in [-0.05, 0) is 44.4 Å². The van der Waals surface area contributed by atoms with Gasteiger partial charge in [-0.25, -0.2) is 0 Å². The second kappa shape index (κ2) is 10.7. The summed E-state index contributed by atoms with van der Waals surface area (Å²) >= 11 is 0. The van der Waals surface area contributed by atoms with Crippen LogP contribution in [0.2, 0.25) is 0 Å². The molecular weight excluding hydrogens is 365 g/mol. The van der Waals surface area contributed by atoms with E-state index in [2.05, 4.69) is 22.5 Å². The minimum absolute atomic E-state index is 0. The third-order valence-corrected chi connectivity index (χ3v) is 3.65. The van der Waals surface area contributed by atoms with Gasteiger partial charge in [0.2, 0.25) is 0 Å². The van der Waals surface area contributed by atoms with Crippen molar-refractivity contribution < 1.29 is 4.74 Å². The van der Waals surface area contributed by atoms with Crippen molar-refractivity contribution in [3.05, 3.63) is 0 Å². The number of rotatable bonds is 10. The summed E-state index contributed by atoms with van der Waals surface area (Å²) in [5, 5.41) is 6.70. The summed E-state index contributed by atoms with van der Waals surface area (Å²) in [5.74, 6) is 2.81. The lowest BCUT2D eigenvalue weighted by Gasteiger charge is -2.11. The Labute approximate surface area is 140 Å². The molecular formula is C15H30IN3O. The van der Waals surface area contributed by atoms with Crippen LogP contribution in [0.4, 0.5) is 0 Å². The summed E-state index contributed by atoms with van der Waals surface area (Å²) in [6.45, 7) is 6.74. The van der Waals surface area contributed by atoms with Crippen molar-refractivity contribution in [1.82, 2.24) is 10.6 Å². The largest absolute Gasteiger partial charge is 0.381 e. The first kappa shape index (κ1) is 18.0. The second-order valence-corrected chi connectivity index (χ2v) is 5.79. The van der Waals surface area contributed by atoms with Crippen molar-refractivity contribution in [1.29, 1.82) is 0 Å². The van der Waals surface area contributed by atoms with Crippen molar-refractivity contribution in [2.75, 3.05) is 32.8 Å². The van der Waals surface area contributed by atoms with Crippen LogP contribution in [-0.2, 0) is 4.74 Å². The molecule has 2 aliphatic rings. The smallest absolute Gasteiger partial charge is 0.191 e. The second-order valence-electron chi connectivity index (χ2n) is 5.79. The van der Waals surface area contributed by atoms with Gasteiger partial charge in [-0.1, -0.05) is 12.8 Å². The number of aliphatic imine (C=N–C) groups is 1. The number of nitrogens with one attached hydrogen (secondary N) is 2. The van der Waals surface area contributed by atoms with Crippen LogP contribution in [0.5, 0.6) is 0 Å². The van der Waals surface area contributed by atoms with Gasteiger partial charge < -0.3 is 15.4 Å². The molecule has 4 nitrogen and oxygen atoms in total. The number of nitrogens with zero attached hydrogens (tertiary/aromatic N) is 1. The van der Waals surface area contributed by atoms with Gasteiger partial charge in [-0.3, -0.25) is 4.99 Å². The molecule has 0 bridgehead atoms.